The van der Waals surface area contributed by atoms with Crippen LogP contribution in [-0.2, 0) is 6.42 Å². The molecular weight excluding hydrogens is 356 g/mol. The lowest BCUT2D eigenvalue weighted by atomic mass is 10.0. The third-order valence-electron chi connectivity index (χ3n) is 4.47. The number of nitrogens with one attached hydrogen (secondary N) is 2. The van der Waals surface area contributed by atoms with E-state index in [0.29, 0.717) is 34.1 Å². The monoisotopic (exact) mass is 372 g/mol. The normalized spacial score (nSPS) is 12.1. The van der Waals surface area contributed by atoms with E-state index in [9.17, 15) is 9.90 Å². The molecule has 1 aromatic heterocycles. The third kappa shape index (κ3) is 3.19. The van der Waals surface area contributed by atoms with Gasteiger partial charge in [-0.05, 0) is 29.8 Å². The molecule has 0 bridgehead atoms. The molecule has 3 N–H and O–H groups in total. The summed E-state index contributed by atoms with van der Waals surface area (Å²) in [5, 5.41) is 25.3. The molecule has 1 aliphatic rings. The first kappa shape index (κ1) is 17.4. The maximum absolute atomic E-state index is 13.0. The molecule has 0 amide bonds. The molecule has 3 aromatic rings. The molecule has 28 heavy (non-hydrogen) atoms. The highest BCUT2D eigenvalue weighted by atomic mass is 16.5. The molecule has 2 heterocycles. The number of benzene rings is 2. The fourth-order valence-corrected chi connectivity index (χ4v) is 3.19. The van der Waals surface area contributed by atoms with E-state index in [1.807, 2.05) is 0 Å². The predicted molar refractivity (Wildman–Crippen MR) is 105 cm³/mol. The summed E-state index contributed by atoms with van der Waals surface area (Å²) < 4.78 is 5.17. The molecule has 1 aliphatic heterocycles. The SMILES string of the molecule is COc1cc(O)cc(Nc2ccnc3c2C(=O)Cc2cc(C#N)ccc2N3)c1. The van der Waals surface area contributed by atoms with Crippen molar-refractivity contribution >= 4 is 28.7 Å². The van der Waals surface area contributed by atoms with Gasteiger partial charge in [-0.2, -0.15) is 5.26 Å². The van der Waals surface area contributed by atoms with Crippen molar-refractivity contribution in [3.8, 4) is 17.6 Å². The van der Waals surface area contributed by atoms with Gasteiger partial charge in [-0.3, -0.25) is 4.79 Å². The van der Waals surface area contributed by atoms with Crippen LogP contribution in [0.2, 0.25) is 0 Å². The third-order valence-corrected chi connectivity index (χ3v) is 4.47. The zero-order valence-corrected chi connectivity index (χ0v) is 15.0. The van der Waals surface area contributed by atoms with Crippen LogP contribution in [-0.4, -0.2) is 23.0 Å². The number of nitrogens with zero attached hydrogens (tertiary/aromatic N) is 2. The number of phenolic OH excluding ortho intramolecular Hbond substituents is 1. The number of phenols is 1. The summed E-state index contributed by atoms with van der Waals surface area (Å²) in [6, 6.07) is 13.7. The highest BCUT2D eigenvalue weighted by Gasteiger charge is 2.24. The van der Waals surface area contributed by atoms with E-state index in [4.69, 9.17) is 10.00 Å². The van der Waals surface area contributed by atoms with E-state index in [1.54, 1.807) is 36.5 Å². The number of hydrogen-bond acceptors (Lipinski definition) is 7. The van der Waals surface area contributed by atoms with E-state index < -0.39 is 0 Å². The summed E-state index contributed by atoms with van der Waals surface area (Å²) >= 11 is 0. The molecular formula is C21H16N4O3. The maximum Gasteiger partial charge on any atom is 0.173 e. The summed E-state index contributed by atoms with van der Waals surface area (Å²) in [5.41, 5.74) is 3.54. The van der Waals surface area contributed by atoms with Crippen molar-refractivity contribution < 1.29 is 14.6 Å². The number of pyridine rings is 1. The van der Waals surface area contributed by atoms with Crippen LogP contribution >= 0.6 is 0 Å². The van der Waals surface area contributed by atoms with E-state index >= 15 is 0 Å². The van der Waals surface area contributed by atoms with E-state index in [1.165, 1.54) is 19.2 Å². The lowest BCUT2D eigenvalue weighted by Gasteiger charge is -2.14. The minimum absolute atomic E-state index is 0.0443. The summed E-state index contributed by atoms with van der Waals surface area (Å²) in [4.78, 5) is 17.3. The molecule has 0 spiro atoms. The Labute approximate surface area is 161 Å². The first-order chi connectivity index (χ1) is 13.6. The van der Waals surface area contributed by atoms with Gasteiger partial charge in [0.25, 0.3) is 0 Å². The predicted octanol–water partition coefficient (Wildman–Crippen LogP) is 3.89. The Morgan fingerprint density at radius 3 is 2.89 bits per heavy atom. The number of hydrogen-bond donors (Lipinski definition) is 3. The number of methoxy groups -OCH3 is 1. The van der Waals surface area contributed by atoms with Gasteiger partial charge in [0.15, 0.2) is 5.78 Å². The Morgan fingerprint density at radius 1 is 1.25 bits per heavy atom. The van der Waals surface area contributed by atoms with Crippen LogP contribution in [0.25, 0.3) is 0 Å². The molecule has 0 unspecified atom stereocenters. The second-order valence-corrected chi connectivity index (χ2v) is 6.34. The van der Waals surface area contributed by atoms with Crippen molar-refractivity contribution in [2.24, 2.45) is 0 Å². The van der Waals surface area contributed by atoms with Crippen molar-refractivity contribution in [2.45, 2.75) is 6.42 Å². The molecule has 138 valence electrons. The lowest BCUT2D eigenvalue weighted by molar-refractivity contribution is 0.0995. The zero-order chi connectivity index (χ0) is 19.7. The van der Waals surface area contributed by atoms with Gasteiger partial charge in [0.05, 0.1) is 30.0 Å². The number of carbonyl (C=O) groups excluding carboxylic acids is 1. The van der Waals surface area contributed by atoms with Crippen LogP contribution in [0.15, 0.2) is 48.7 Å². The number of aromatic hydroxyl groups is 1. The zero-order valence-electron chi connectivity index (χ0n) is 15.0. The van der Waals surface area contributed by atoms with Crippen molar-refractivity contribution in [3.63, 3.8) is 0 Å². The Kier molecular flexibility index (Phi) is 4.30. The number of nitriles is 1. The van der Waals surface area contributed by atoms with Crippen molar-refractivity contribution in [2.75, 3.05) is 17.7 Å². The Bertz CT molecular complexity index is 1130. The van der Waals surface area contributed by atoms with Gasteiger partial charge in [0.2, 0.25) is 0 Å². The summed E-state index contributed by atoms with van der Waals surface area (Å²) in [6.45, 7) is 0. The fraction of sp³-hybridized carbons (Fsp3) is 0.0952. The van der Waals surface area contributed by atoms with Crippen LogP contribution in [0.4, 0.5) is 22.9 Å². The lowest BCUT2D eigenvalue weighted by Crippen LogP contribution is -2.08. The second kappa shape index (κ2) is 6.93. The second-order valence-electron chi connectivity index (χ2n) is 6.34. The quantitative estimate of drug-likeness (QED) is 0.640. The van der Waals surface area contributed by atoms with Crippen molar-refractivity contribution in [1.29, 1.82) is 5.26 Å². The van der Waals surface area contributed by atoms with Crippen LogP contribution in [0.5, 0.6) is 11.5 Å². The van der Waals surface area contributed by atoms with Gasteiger partial charge >= 0.3 is 0 Å². The standard InChI is InChI=1S/C21H16N4O3/c1-28-16-9-14(8-15(26)10-16)24-18-4-5-23-21-20(18)19(27)7-13-6-12(11-22)2-3-17(13)25-21/h2-6,8-10,26H,7H2,1H3,(H2,23,24,25). The van der Waals surface area contributed by atoms with Crippen LogP contribution in [0, 0.1) is 11.3 Å². The average molecular weight is 372 g/mol. The number of ether oxygens (including phenoxy) is 1. The molecule has 7 heteroatoms. The van der Waals surface area contributed by atoms with Crippen molar-refractivity contribution in [3.05, 3.63) is 65.4 Å². The van der Waals surface area contributed by atoms with Crippen LogP contribution in [0.3, 0.4) is 0 Å². The van der Waals surface area contributed by atoms with E-state index in [-0.39, 0.29) is 18.0 Å². The number of anilines is 4. The summed E-state index contributed by atoms with van der Waals surface area (Å²) in [6.07, 6.45) is 1.74. The molecule has 0 saturated carbocycles. The van der Waals surface area contributed by atoms with Gasteiger partial charge in [0, 0.05) is 42.2 Å². The molecule has 0 fully saturated rings. The summed E-state index contributed by atoms with van der Waals surface area (Å²) in [7, 11) is 1.51. The van der Waals surface area contributed by atoms with Gasteiger partial charge < -0.3 is 20.5 Å². The number of carbonyl (C=O) groups is 1. The number of aromatic nitrogens is 1. The molecule has 0 aliphatic carbocycles. The summed E-state index contributed by atoms with van der Waals surface area (Å²) in [5.74, 6) is 0.844. The topological polar surface area (TPSA) is 107 Å². The average Bonchev–Trinajstić information content (AvgIpc) is 2.82. The first-order valence-corrected chi connectivity index (χ1v) is 8.54. The Balaban J connectivity index is 1.75. The Morgan fingerprint density at radius 2 is 2.11 bits per heavy atom. The van der Waals surface area contributed by atoms with Crippen molar-refractivity contribution in [1.82, 2.24) is 4.98 Å². The number of Topliss-reactive ketones (excluding diaryl/α,β-unsaturated/α-hetero) is 1. The van der Waals surface area contributed by atoms with Crippen LogP contribution < -0.4 is 15.4 Å². The van der Waals surface area contributed by atoms with Gasteiger partial charge in [-0.15, -0.1) is 0 Å². The minimum atomic E-state index is -0.126. The molecule has 0 atom stereocenters. The van der Waals surface area contributed by atoms with E-state index in [0.717, 1.165) is 11.3 Å². The number of ketones is 1. The van der Waals surface area contributed by atoms with Gasteiger partial charge in [-0.1, -0.05) is 0 Å². The van der Waals surface area contributed by atoms with E-state index in [2.05, 4.69) is 21.7 Å². The molecule has 0 radical (unpaired) electrons. The first-order valence-electron chi connectivity index (χ1n) is 8.54. The van der Waals surface area contributed by atoms with Gasteiger partial charge in [0.1, 0.15) is 17.3 Å². The van der Waals surface area contributed by atoms with Crippen LogP contribution in [0.1, 0.15) is 21.5 Å². The number of rotatable bonds is 3. The number of fused-ring (bicyclic) bond motifs is 2. The van der Waals surface area contributed by atoms with Gasteiger partial charge in [-0.25, -0.2) is 4.98 Å². The highest BCUT2D eigenvalue weighted by Crippen LogP contribution is 2.35. The smallest absolute Gasteiger partial charge is 0.173 e. The molecule has 0 saturated heterocycles. The maximum atomic E-state index is 13.0. The molecule has 2 aromatic carbocycles. The Hall–Kier alpha value is -4.05. The largest absolute Gasteiger partial charge is 0.508 e. The minimum Gasteiger partial charge on any atom is -0.508 e. The molecule has 4 rings (SSSR count). The fourth-order valence-electron chi connectivity index (χ4n) is 3.19. The highest BCUT2D eigenvalue weighted by molar-refractivity contribution is 6.09. The molecule has 7 nitrogen and oxygen atoms in total.